The van der Waals surface area contributed by atoms with Gasteiger partial charge in [-0.3, -0.25) is 4.79 Å². The quantitative estimate of drug-likeness (QED) is 0.595. The number of anilines is 2. The first-order chi connectivity index (χ1) is 14.0. The molecule has 0 saturated heterocycles. The second-order valence-corrected chi connectivity index (χ2v) is 9.77. The van der Waals surface area contributed by atoms with Gasteiger partial charge >= 0.3 is 0 Å². The van der Waals surface area contributed by atoms with Crippen LogP contribution in [-0.2, 0) is 15.6 Å². The van der Waals surface area contributed by atoms with Crippen LogP contribution in [-0.4, -0.2) is 25.6 Å². The van der Waals surface area contributed by atoms with Crippen molar-refractivity contribution in [2.24, 2.45) is 0 Å². The van der Waals surface area contributed by atoms with E-state index in [0.717, 1.165) is 35.8 Å². The average Bonchev–Trinajstić information content (AvgIpc) is 2.67. The SMILES string of the molecule is CCN(CC)c1ccc(NC(=O)COc2ccc(C(C)(C)C)cc2C(C)(C)C)cc1. The second kappa shape index (κ2) is 9.55. The Hall–Kier alpha value is -2.49. The average molecular weight is 411 g/mol. The summed E-state index contributed by atoms with van der Waals surface area (Å²) in [5, 5.41) is 2.93. The Bertz CT molecular complexity index is 839. The summed E-state index contributed by atoms with van der Waals surface area (Å²) in [6.45, 7) is 19.3. The molecule has 0 fully saturated rings. The van der Waals surface area contributed by atoms with Crippen LogP contribution in [0.5, 0.6) is 5.75 Å². The van der Waals surface area contributed by atoms with Crippen LogP contribution in [0.2, 0.25) is 0 Å². The van der Waals surface area contributed by atoms with Crippen LogP contribution in [0.15, 0.2) is 42.5 Å². The number of amides is 1. The van der Waals surface area contributed by atoms with Gasteiger partial charge in [-0.05, 0) is 66.1 Å². The molecule has 4 nitrogen and oxygen atoms in total. The van der Waals surface area contributed by atoms with Crippen molar-refractivity contribution in [3.05, 3.63) is 53.6 Å². The first-order valence-corrected chi connectivity index (χ1v) is 10.9. The van der Waals surface area contributed by atoms with Crippen LogP contribution in [0.3, 0.4) is 0 Å². The minimum Gasteiger partial charge on any atom is -0.483 e. The van der Waals surface area contributed by atoms with Crippen molar-refractivity contribution >= 4 is 17.3 Å². The number of carbonyl (C=O) groups is 1. The van der Waals surface area contributed by atoms with Gasteiger partial charge in [0.05, 0.1) is 0 Å². The van der Waals surface area contributed by atoms with E-state index in [0.29, 0.717) is 0 Å². The second-order valence-electron chi connectivity index (χ2n) is 9.77. The lowest BCUT2D eigenvalue weighted by Crippen LogP contribution is -2.23. The Morgan fingerprint density at radius 1 is 0.900 bits per heavy atom. The van der Waals surface area contributed by atoms with Crippen molar-refractivity contribution < 1.29 is 9.53 Å². The van der Waals surface area contributed by atoms with E-state index < -0.39 is 0 Å². The minimum atomic E-state index is -0.162. The number of benzene rings is 2. The molecule has 2 aromatic rings. The van der Waals surface area contributed by atoms with Crippen LogP contribution in [0.1, 0.15) is 66.5 Å². The molecule has 1 amide bonds. The normalized spacial score (nSPS) is 11.9. The summed E-state index contributed by atoms with van der Waals surface area (Å²) < 4.78 is 5.94. The van der Waals surface area contributed by atoms with Crippen LogP contribution in [0.4, 0.5) is 11.4 Å². The molecule has 0 aliphatic rings. The highest BCUT2D eigenvalue weighted by molar-refractivity contribution is 5.92. The number of hydrogen-bond acceptors (Lipinski definition) is 3. The molecule has 0 aliphatic heterocycles. The number of rotatable bonds is 7. The van der Waals surface area contributed by atoms with E-state index in [9.17, 15) is 4.79 Å². The standard InChI is InChI=1S/C26H38N2O2/c1-9-28(10-2)21-14-12-20(13-15-21)27-24(29)18-30-23-16-11-19(25(3,4)5)17-22(23)26(6,7)8/h11-17H,9-10,18H2,1-8H3,(H,27,29). The lowest BCUT2D eigenvalue weighted by molar-refractivity contribution is -0.118. The smallest absolute Gasteiger partial charge is 0.262 e. The number of hydrogen-bond donors (Lipinski definition) is 1. The molecule has 0 saturated carbocycles. The molecule has 0 bridgehead atoms. The maximum Gasteiger partial charge on any atom is 0.262 e. The third kappa shape index (κ3) is 6.25. The number of nitrogens with one attached hydrogen (secondary N) is 1. The molecule has 2 rings (SSSR count). The molecule has 30 heavy (non-hydrogen) atoms. The van der Waals surface area contributed by atoms with Gasteiger partial charge in [-0.15, -0.1) is 0 Å². The van der Waals surface area contributed by atoms with Crippen molar-refractivity contribution in [3.8, 4) is 5.75 Å². The zero-order valence-corrected chi connectivity index (χ0v) is 19.9. The third-order valence-electron chi connectivity index (χ3n) is 5.29. The molecular weight excluding hydrogens is 372 g/mol. The van der Waals surface area contributed by atoms with Gasteiger partial charge in [0.25, 0.3) is 5.91 Å². The first kappa shape index (κ1) is 23.8. The maximum absolute atomic E-state index is 12.5. The molecular formula is C26H38N2O2. The molecule has 0 aliphatic carbocycles. The molecule has 0 heterocycles. The maximum atomic E-state index is 12.5. The molecule has 1 N–H and O–H groups in total. The number of nitrogens with zero attached hydrogens (tertiary/aromatic N) is 1. The first-order valence-electron chi connectivity index (χ1n) is 10.9. The predicted molar refractivity (Wildman–Crippen MR) is 128 cm³/mol. The summed E-state index contributed by atoms with van der Waals surface area (Å²) in [5.74, 6) is 0.605. The van der Waals surface area contributed by atoms with Crippen molar-refractivity contribution in [1.29, 1.82) is 0 Å². The van der Waals surface area contributed by atoms with Crippen molar-refractivity contribution in [1.82, 2.24) is 0 Å². The summed E-state index contributed by atoms with van der Waals surface area (Å²) in [7, 11) is 0. The van der Waals surface area contributed by atoms with Gasteiger partial charge in [0.2, 0.25) is 0 Å². The highest BCUT2D eigenvalue weighted by Gasteiger charge is 2.23. The summed E-state index contributed by atoms with van der Waals surface area (Å²) in [5.41, 5.74) is 4.30. The fraction of sp³-hybridized carbons (Fsp3) is 0.500. The van der Waals surface area contributed by atoms with Gasteiger partial charge in [-0.25, -0.2) is 0 Å². The highest BCUT2D eigenvalue weighted by atomic mass is 16.5. The van der Waals surface area contributed by atoms with E-state index in [1.807, 2.05) is 30.3 Å². The predicted octanol–water partition coefficient (Wildman–Crippen LogP) is 6.15. The monoisotopic (exact) mass is 410 g/mol. The molecule has 0 radical (unpaired) electrons. The van der Waals surface area contributed by atoms with E-state index >= 15 is 0 Å². The molecule has 4 heteroatoms. The molecule has 0 aromatic heterocycles. The molecule has 0 spiro atoms. The third-order valence-corrected chi connectivity index (χ3v) is 5.29. The lowest BCUT2D eigenvalue weighted by Gasteiger charge is -2.27. The molecule has 2 aromatic carbocycles. The van der Waals surface area contributed by atoms with E-state index in [1.54, 1.807) is 0 Å². The fourth-order valence-corrected chi connectivity index (χ4v) is 3.39. The van der Waals surface area contributed by atoms with Crippen LogP contribution in [0, 0.1) is 0 Å². The Kier molecular flexibility index (Phi) is 7.57. The summed E-state index contributed by atoms with van der Waals surface area (Å²) in [4.78, 5) is 14.7. The van der Waals surface area contributed by atoms with Crippen LogP contribution < -0.4 is 15.0 Å². The summed E-state index contributed by atoms with van der Waals surface area (Å²) in [6, 6.07) is 14.2. The Morgan fingerprint density at radius 2 is 1.50 bits per heavy atom. The molecule has 0 unspecified atom stereocenters. The Labute approximate surface area is 182 Å². The van der Waals surface area contributed by atoms with Gasteiger partial charge in [0.1, 0.15) is 5.75 Å². The molecule has 0 atom stereocenters. The summed E-state index contributed by atoms with van der Waals surface area (Å²) >= 11 is 0. The van der Waals surface area contributed by atoms with E-state index in [-0.39, 0.29) is 23.3 Å². The van der Waals surface area contributed by atoms with Crippen molar-refractivity contribution in [2.75, 3.05) is 29.9 Å². The van der Waals surface area contributed by atoms with Crippen LogP contribution in [0.25, 0.3) is 0 Å². The zero-order chi connectivity index (χ0) is 22.5. The van der Waals surface area contributed by atoms with Crippen LogP contribution >= 0.6 is 0 Å². The number of carbonyl (C=O) groups excluding carboxylic acids is 1. The lowest BCUT2D eigenvalue weighted by atomic mass is 9.80. The van der Waals surface area contributed by atoms with Crippen molar-refractivity contribution in [3.63, 3.8) is 0 Å². The topological polar surface area (TPSA) is 41.6 Å². The Balaban J connectivity index is 2.07. The van der Waals surface area contributed by atoms with Crippen molar-refractivity contribution in [2.45, 2.75) is 66.2 Å². The van der Waals surface area contributed by atoms with E-state index in [2.05, 4.69) is 77.7 Å². The summed E-state index contributed by atoms with van der Waals surface area (Å²) in [6.07, 6.45) is 0. The minimum absolute atomic E-state index is 0.0181. The van der Waals surface area contributed by atoms with Gasteiger partial charge in [-0.1, -0.05) is 53.7 Å². The number of ether oxygens (including phenoxy) is 1. The largest absolute Gasteiger partial charge is 0.483 e. The van der Waals surface area contributed by atoms with E-state index in [1.165, 1.54) is 5.56 Å². The van der Waals surface area contributed by atoms with Gasteiger partial charge < -0.3 is 15.0 Å². The van der Waals surface area contributed by atoms with Gasteiger partial charge in [0, 0.05) is 24.5 Å². The van der Waals surface area contributed by atoms with Gasteiger partial charge in [-0.2, -0.15) is 0 Å². The fourth-order valence-electron chi connectivity index (χ4n) is 3.39. The van der Waals surface area contributed by atoms with Gasteiger partial charge in [0.15, 0.2) is 6.61 Å². The Morgan fingerprint density at radius 3 is 2.00 bits per heavy atom. The zero-order valence-electron chi connectivity index (χ0n) is 19.9. The highest BCUT2D eigenvalue weighted by Crippen LogP contribution is 2.35. The van der Waals surface area contributed by atoms with E-state index in [4.69, 9.17) is 4.74 Å². The molecule has 164 valence electrons.